The number of nitrogens with one attached hydrogen (secondary N) is 1. The predicted octanol–water partition coefficient (Wildman–Crippen LogP) is 5.24. The Labute approximate surface area is 179 Å². The van der Waals surface area contributed by atoms with E-state index in [1.807, 2.05) is 25.1 Å². The molecule has 1 N–H and O–H groups in total. The maximum Gasteiger partial charge on any atom is 0.237 e. The summed E-state index contributed by atoms with van der Waals surface area (Å²) in [5, 5.41) is 4.00. The number of carbonyl (C=O) groups excluding carboxylic acids is 1. The lowest BCUT2D eigenvalue weighted by Crippen LogP contribution is -2.23. The molecule has 154 valence electrons. The Morgan fingerprint density at radius 1 is 1.24 bits per heavy atom. The van der Waals surface area contributed by atoms with E-state index in [9.17, 15) is 4.79 Å². The first kappa shape index (κ1) is 21.3. The molecular weight excluding hydrogens is 410 g/mol. The lowest BCUT2D eigenvalue weighted by Gasteiger charge is -2.15. The van der Waals surface area contributed by atoms with Crippen molar-refractivity contribution in [3.63, 3.8) is 0 Å². The number of ether oxygens (including phenoxy) is 2. The van der Waals surface area contributed by atoms with Gasteiger partial charge in [-0.15, -0.1) is 0 Å². The number of methoxy groups -OCH3 is 2. The normalized spacial score (nSPS) is 12.0. The first-order valence-electron chi connectivity index (χ1n) is 9.32. The minimum Gasteiger partial charge on any atom is -0.497 e. The molecule has 1 aromatic heterocycles. The van der Waals surface area contributed by atoms with Crippen LogP contribution in [0.3, 0.4) is 0 Å². The van der Waals surface area contributed by atoms with Gasteiger partial charge in [-0.05, 0) is 43.7 Å². The summed E-state index contributed by atoms with van der Waals surface area (Å²) >= 11 is 7.53. The molecule has 0 saturated carbocycles. The van der Waals surface area contributed by atoms with E-state index in [0.29, 0.717) is 22.2 Å². The first-order chi connectivity index (χ1) is 14.0. The molecule has 3 aromatic rings. The number of rotatable bonds is 8. The van der Waals surface area contributed by atoms with Crippen LogP contribution in [-0.4, -0.2) is 34.9 Å². The number of fused-ring (bicyclic) bond motifs is 1. The van der Waals surface area contributed by atoms with E-state index in [2.05, 4.69) is 16.8 Å². The second-order valence-electron chi connectivity index (χ2n) is 6.49. The van der Waals surface area contributed by atoms with Crippen LogP contribution < -0.4 is 14.8 Å². The van der Waals surface area contributed by atoms with Crippen molar-refractivity contribution < 1.29 is 14.3 Å². The van der Waals surface area contributed by atoms with Crippen LogP contribution in [0.25, 0.3) is 11.0 Å². The number of nitrogens with zero attached hydrogens (tertiary/aromatic N) is 2. The molecule has 0 fully saturated rings. The molecule has 2 aromatic carbocycles. The highest BCUT2D eigenvalue weighted by Crippen LogP contribution is 2.32. The number of halogens is 1. The highest BCUT2D eigenvalue weighted by molar-refractivity contribution is 8.00. The summed E-state index contributed by atoms with van der Waals surface area (Å²) in [6.45, 7) is 4.79. The van der Waals surface area contributed by atoms with Crippen molar-refractivity contribution in [2.45, 2.75) is 37.2 Å². The number of benzene rings is 2. The van der Waals surface area contributed by atoms with Gasteiger partial charge in [0.2, 0.25) is 5.91 Å². The van der Waals surface area contributed by atoms with E-state index < -0.39 is 0 Å². The molecule has 0 saturated heterocycles. The average Bonchev–Trinajstić information content (AvgIpc) is 3.04. The Morgan fingerprint density at radius 2 is 2.03 bits per heavy atom. The number of anilines is 1. The quantitative estimate of drug-likeness (QED) is 0.492. The lowest BCUT2D eigenvalue weighted by atomic mass is 10.2. The van der Waals surface area contributed by atoms with Crippen LogP contribution in [-0.2, 0) is 11.3 Å². The largest absolute Gasteiger partial charge is 0.497 e. The Hall–Kier alpha value is -2.38. The fourth-order valence-electron chi connectivity index (χ4n) is 2.97. The Balaban J connectivity index is 1.82. The molecule has 0 aliphatic carbocycles. The molecule has 3 rings (SSSR count). The van der Waals surface area contributed by atoms with Crippen molar-refractivity contribution in [1.29, 1.82) is 0 Å². The number of hydrogen-bond donors (Lipinski definition) is 1. The molecule has 0 radical (unpaired) electrons. The molecule has 1 atom stereocenters. The van der Waals surface area contributed by atoms with Gasteiger partial charge >= 0.3 is 0 Å². The molecule has 0 aliphatic heterocycles. The molecule has 0 spiro atoms. The summed E-state index contributed by atoms with van der Waals surface area (Å²) in [4.78, 5) is 17.5. The van der Waals surface area contributed by atoms with Crippen LogP contribution >= 0.6 is 23.4 Å². The van der Waals surface area contributed by atoms with Crippen LogP contribution in [0.2, 0.25) is 5.02 Å². The number of amides is 1. The Morgan fingerprint density at radius 3 is 2.72 bits per heavy atom. The van der Waals surface area contributed by atoms with Crippen molar-refractivity contribution >= 4 is 46.0 Å². The van der Waals surface area contributed by atoms with Gasteiger partial charge in [0.25, 0.3) is 0 Å². The van der Waals surface area contributed by atoms with Crippen molar-refractivity contribution in [2.75, 3.05) is 19.5 Å². The number of aromatic nitrogens is 2. The Bertz CT molecular complexity index is 1020. The molecular formula is C21H24ClN3O3S. The van der Waals surface area contributed by atoms with E-state index in [0.717, 1.165) is 29.2 Å². The van der Waals surface area contributed by atoms with Gasteiger partial charge in [0.05, 0.1) is 36.2 Å². The number of thioether (sulfide) groups is 1. The maximum atomic E-state index is 12.8. The van der Waals surface area contributed by atoms with E-state index in [4.69, 9.17) is 26.1 Å². The predicted molar refractivity (Wildman–Crippen MR) is 119 cm³/mol. The highest BCUT2D eigenvalue weighted by Gasteiger charge is 2.21. The van der Waals surface area contributed by atoms with Crippen LogP contribution in [0.4, 0.5) is 5.69 Å². The summed E-state index contributed by atoms with van der Waals surface area (Å²) in [6.07, 6.45) is 0.962. The molecule has 8 heteroatoms. The summed E-state index contributed by atoms with van der Waals surface area (Å²) in [6, 6.07) is 11.0. The van der Waals surface area contributed by atoms with Gasteiger partial charge in [-0.1, -0.05) is 30.3 Å². The minimum atomic E-state index is -0.367. The standard InChI is InChI=1S/C21H24ClN3O3S/c1-5-10-25-18-8-6-14(22)11-16(18)24-21(25)29-13(2)20(26)23-17-12-15(27-3)7-9-19(17)28-4/h6-9,11-13H,5,10H2,1-4H3,(H,23,26). The van der Waals surface area contributed by atoms with Crippen LogP contribution in [0, 0.1) is 0 Å². The third-order valence-corrected chi connectivity index (χ3v) is 5.76. The second-order valence-corrected chi connectivity index (χ2v) is 8.24. The number of imidazole rings is 1. The van der Waals surface area contributed by atoms with Gasteiger partial charge in [0, 0.05) is 17.6 Å². The average molecular weight is 434 g/mol. The van der Waals surface area contributed by atoms with Crippen molar-refractivity contribution in [3.8, 4) is 11.5 Å². The third-order valence-electron chi connectivity index (χ3n) is 4.44. The van der Waals surface area contributed by atoms with E-state index >= 15 is 0 Å². The SMILES string of the molecule is CCCn1c(SC(C)C(=O)Nc2cc(OC)ccc2OC)nc2cc(Cl)ccc21. The molecule has 1 amide bonds. The van der Waals surface area contributed by atoms with Crippen molar-refractivity contribution in [3.05, 3.63) is 41.4 Å². The number of carbonyl (C=O) groups is 1. The second kappa shape index (κ2) is 9.41. The highest BCUT2D eigenvalue weighted by atomic mass is 35.5. The topological polar surface area (TPSA) is 65.4 Å². The molecule has 0 bridgehead atoms. The summed E-state index contributed by atoms with van der Waals surface area (Å²) < 4.78 is 12.7. The number of aryl methyl sites for hydroxylation is 1. The van der Waals surface area contributed by atoms with E-state index in [-0.39, 0.29) is 11.2 Å². The zero-order chi connectivity index (χ0) is 21.0. The minimum absolute atomic E-state index is 0.144. The maximum absolute atomic E-state index is 12.8. The molecule has 1 unspecified atom stereocenters. The first-order valence-corrected chi connectivity index (χ1v) is 10.6. The van der Waals surface area contributed by atoms with Crippen molar-refractivity contribution in [2.24, 2.45) is 0 Å². The third kappa shape index (κ3) is 4.79. The lowest BCUT2D eigenvalue weighted by molar-refractivity contribution is -0.115. The van der Waals surface area contributed by atoms with Crippen LogP contribution in [0.1, 0.15) is 20.3 Å². The molecule has 6 nitrogen and oxygen atoms in total. The summed E-state index contributed by atoms with van der Waals surface area (Å²) in [7, 11) is 3.14. The van der Waals surface area contributed by atoms with Crippen LogP contribution in [0.15, 0.2) is 41.6 Å². The van der Waals surface area contributed by atoms with Gasteiger partial charge in [-0.25, -0.2) is 4.98 Å². The van der Waals surface area contributed by atoms with Crippen LogP contribution in [0.5, 0.6) is 11.5 Å². The van der Waals surface area contributed by atoms with Gasteiger partial charge in [0.1, 0.15) is 11.5 Å². The van der Waals surface area contributed by atoms with Gasteiger partial charge in [-0.3, -0.25) is 4.79 Å². The van der Waals surface area contributed by atoms with E-state index in [1.165, 1.54) is 11.8 Å². The van der Waals surface area contributed by atoms with E-state index in [1.54, 1.807) is 32.4 Å². The molecule has 0 aliphatic rings. The molecule has 1 heterocycles. The van der Waals surface area contributed by atoms with Gasteiger partial charge in [0.15, 0.2) is 5.16 Å². The van der Waals surface area contributed by atoms with Crippen molar-refractivity contribution in [1.82, 2.24) is 9.55 Å². The summed E-state index contributed by atoms with van der Waals surface area (Å²) in [5.74, 6) is 1.07. The smallest absolute Gasteiger partial charge is 0.237 e. The summed E-state index contributed by atoms with van der Waals surface area (Å²) in [5.41, 5.74) is 2.41. The fourth-order valence-corrected chi connectivity index (χ4v) is 4.08. The molecule has 29 heavy (non-hydrogen) atoms. The fraction of sp³-hybridized carbons (Fsp3) is 0.333. The zero-order valence-corrected chi connectivity index (χ0v) is 18.4. The Kier molecular flexibility index (Phi) is 6.92. The van der Waals surface area contributed by atoms with Gasteiger partial charge in [-0.2, -0.15) is 0 Å². The zero-order valence-electron chi connectivity index (χ0n) is 16.9. The monoisotopic (exact) mass is 433 g/mol. The number of hydrogen-bond acceptors (Lipinski definition) is 5. The van der Waals surface area contributed by atoms with Gasteiger partial charge < -0.3 is 19.4 Å².